The molecule has 0 spiro atoms. The van der Waals surface area contributed by atoms with Gasteiger partial charge in [-0.3, -0.25) is 4.79 Å². The third-order valence-electron chi connectivity index (χ3n) is 4.79. The summed E-state index contributed by atoms with van der Waals surface area (Å²) >= 11 is 0. The molecule has 2 N–H and O–H groups in total. The van der Waals surface area contributed by atoms with Crippen LogP contribution in [0.3, 0.4) is 0 Å². The van der Waals surface area contributed by atoms with Crippen molar-refractivity contribution in [3.63, 3.8) is 0 Å². The number of benzene rings is 1. The molecule has 10 heteroatoms. The monoisotopic (exact) mass is 379 g/mol. The minimum absolute atomic E-state index is 0.0505. The lowest BCUT2D eigenvalue weighted by Crippen LogP contribution is -2.45. The van der Waals surface area contributed by atoms with E-state index in [2.05, 4.69) is 10.2 Å². The lowest BCUT2D eigenvalue weighted by Gasteiger charge is -2.34. The number of likely N-dealkylation sites (N-methyl/N-ethyl adjacent to an activating group) is 1. The molecule has 0 saturated carbocycles. The van der Waals surface area contributed by atoms with Crippen molar-refractivity contribution in [3.05, 3.63) is 39.5 Å². The molecular formula is C17H22FN5O4. The highest BCUT2D eigenvalue weighted by Gasteiger charge is 2.29. The number of carbonyl (C=O) groups excluding carboxylic acids is 1. The smallest absolute Gasteiger partial charge is 0.346 e. The number of anilines is 1. The lowest BCUT2D eigenvalue weighted by atomic mass is 10.2. The summed E-state index contributed by atoms with van der Waals surface area (Å²) in [6.07, 6.45) is 0. The summed E-state index contributed by atoms with van der Waals surface area (Å²) in [4.78, 5) is 29.0. The average Bonchev–Trinajstić information content (AvgIpc) is 2.65. The minimum atomic E-state index is -0.770. The van der Waals surface area contributed by atoms with Crippen LogP contribution in [0.25, 0.3) is 11.0 Å². The zero-order chi connectivity index (χ0) is 19.7. The standard InChI is InChI=1S/C17H22FN5O4/c1-11-16(17(25)19-3-8-24)23(27)15-10-13(12(18)9-14(15)22(11)26)21-6-4-20(2)5-7-21/h9-10,24H,3-8H2,1-2H3,(H,19,25). The number of carbonyl (C=O) groups is 1. The summed E-state index contributed by atoms with van der Waals surface area (Å²) in [5.41, 5.74) is -0.510. The first-order chi connectivity index (χ1) is 12.8. The number of nitrogens with one attached hydrogen (secondary N) is 1. The van der Waals surface area contributed by atoms with E-state index < -0.39 is 11.7 Å². The Hall–Kier alpha value is -2.72. The summed E-state index contributed by atoms with van der Waals surface area (Å²) in [7, 11) is 1.97. The van der Waals surface area contributed by atoms with Gasteiger partial charge in [0.05, 0.1) is 22.4 Å². The highest BCUT2D eigenvalue weighted by molar-refractivity contribution is 5.93. The third kappa shape index (κ3) is 3.45. The maximum atomic E-state index is 14.6. The largest absolute Gasteiger partial charge is 0.805 e. The number of amides is 1. The van der Waals surface area contributed by atoms with Gasteiger partial charge in [-0.15, -0.1) is 0 Å². The van der Waals surface area contributed by atoms with Crippen LogP contribution in [-0.4, -0.2) is 67.0 Å². The Morgan fingerprint density at radius 3 is 2.63 bits per heavy atom. The number of hydrogen-bond acceptors (Lipinski definition) is 6. The minimum Gasteiger partial charge on any atom is -0.805 e. The van der Waals surface area contributed by atoms with Gasteiger partial charge in [-0.25, -0.2) is 4.39 Å². The van der Waals surface area contributed by atoms with Crippen LogP contribution in [-0.2, 0) is 0 Å². The molecule has 1 saturated heterocycles. The quantitative estimate of drug-likeness (QED) is 0.714. The van der Waals surface area contributed by atoms with Crippen LogP contribution in [0.4, 0.5) is 10.1 Å². The van der Waals surface area contributed by atoms with E-state index in [1.54, 1.807) is 0 Å². The summed E-state index contributed by atoms with van der Waals surface area (Å²) in [5.74, 6) is -1.36. The van der Waals surface area contributed by atoms with Gasteiger partial charge in [0.15, 0.2) is 0 Å². The Balaban J connectivity index is 2.14. The van der Waals surface area contributed by atoms with Crippen molar-refractivity contribution in [3.8, 4) is 0 Å². The molecule has 0 bridgehead atoms. The van der Waals surface area contributed by atoms with Crippen LogP contribution in [0.5, 0.6) is 0 Å². The molecule has 1 aliphatic rings. The summed E-state index contributed by atoms with van der Waals surface area (Å²) in [5, 5.41) is 23.7. The third-order valence-corrected chi connectivity index (χ3v) is 4.79. The summed E-state index contributed by atoms with van der Waals surface area (Å²) in [6.45, 7) is 3.65. The van der Waals surface area contributed by atoms with Crippen LogP contribution in [0.1, 0.15) is 16.2 Å². The van der Waals surface area contributed by atoms with E-state index in [1.807, 2.05) is 11.9 Å². The molecule has 1 amide bonds. The van der Waals surface area contributed by atoms with Crippen LogP contribution < -0.4 is 14.6 Å². The number of halogens is 1. The molecule has 1 aliphatic heterocycles. The molecule has 0 radical (unpaired) electrons. The molecule has 1 aromatic heterocycles. The molecule has 3 rings (SSSR count). The first-order valence-corrected chi connectivity index (χ1v) is 8.66. The van der Waals surface area contributed by atoms with E-state index >= 15 is 0 Å². The Bertz CT molecular complexity index is 937. The highest BCUT2D eigenvalue weighted by Crippen LogP contribution is 2.26. The normalized spacial score (nSPS) is 15.3. The molecule has 27 heavy (non-hydrogen) atoms. The first kappa shape index (κ1) is 19.1. The predicted octanol–water partition coefficient (Wildman–Crippen LogP) is -0.177. The molecule has 146 valence electrons. The van der Waals surface area contributed by atoms with E-state index in [9.17, 15) is 19.3 Å². The predicted molar refractivity (Wildman–Crippen MR) is 97.9 cm³/mol. The highest BCUT2D eigenvalue weighted by atomic mass is 19.1. The van der Waals surface area contributed by atoms with Gasteiger partial charge < -0.3 is 30.2 Å². The summed E-state index contributed by atoms with van der Waals surface area (Å²) < 4.78 is 15.4. The maximum absolute atomic E-state index is 14.6. The Kier molecular flexibility index (Phi) is 5.29. The molecule has 2 heterocycles. The Morgan fingerprint density at radius 2 is 2.00 bits per heavy atom. The summed E-state index contributed by atoms with van der Waals surface area (Å²) in [6, 6.07) is 2.35. The maximum Gasteiger partial charge on any atom is 0.346 e. The number of nitrogens with zero attached hydrogens (tertiary/aromatic N) is 4. The van der Waals surface area contributed by atoms with Crippen molar-refractivity contribution < 1.29 is 18.7 Å². The van der Waals surface area contributed by atoms with Gasteiger partial charge >= 0.3 is 11.6 Å². The fourth-order valence-corrected chi connectivity index (χ4v) is 3.21. The molecular weight excluding hydrogens is 357 g/mol. The average molecular weight is 379 g/mol. The fourth-order valence-electron chi connectivity index (χ4n) is 3.21. The molecule has 0 aliphatic carbocycles. The van der Waals surface area contributed by atoms with Gasteiger partial charge in [0.2, 0.25) is 0 Å². The molecule has 0 atom stereocenters. The van der Waals surface area contributed by atoms with Gasteiger partial charge in [0, 0.05) is 49.8 Å². The van der Waals surface area contributed by atoms with Crippen molar-refractivity contribution in [1.29, 1.82) is 0 Å². The van der Waals surface area contributed by atoms with Crippen molar-refractivity contribution in [1.82, 2.24) is 14.9 Å². The van der Waals surface area contributed by atoms with Crippen molar-refractivity contribution in [2.45, 2.75) is 6.92 Å². The second-order valence-electron chi connectivity index (χ2n) is 6.58. The molecule has 1 fully saturated rings. The SMILES string of the molecule is Cc1c(C(=O)NCCO)[n+](=O)c2cc(N3CCN(C)CC3)c(F)cc2n1[O-]. The van der Waals surface area contributed by atoms with Crippen LogP contribution in [0.15, 0.2) is 12.1 Å². The van der Waals surface area contributed by atoms with Crippen LogP contribution in [0, 0.1) is 22.9 Å². The van der Waals surface area contributed by atoms with Gasteiger partial charge in [-0.1, -0.05) is 0 Å². The molecule has 2 aromatic rings. The lowest BCUT2D eigenvalue weighted by molar-refractivity contribution is -0.468. The first-order valence-electron chi connectivity index (χ1n) is 8.66. The fraction of sp³-hybridized carbons (Fsp3) is 0.471. The number of rotatable bonds is 4. The topological polar surface area (TPSA) is 107 Å². The van der Waals surface area contributed by atoms with Gasteiger partial charge in [0.25, 0.3) is 5.52 Å². The van der Waals surface area contributed by atoms with E-state index in [0.717, 1.165) is 19.2 Å². The van der Waals surface area contributed by atoms with Gasteiger partial charge in [0.1, 0.15) is 11.3 Å². The van der Waals surface area contributed by atoms with E-state index in [4.69, 9.17) is 5.11 Å². The zero-order valence-electron chi connectivity index (χ0n) is 15.2. The van der Waals surface area contributed by atoms with Crippen molar-refractivity contribution in [2.75, 3.05) is 51.3 Å². The number of aliphatic hydroxyl groups excluding tert-OH is 1. The number of piperazine rings is 1. The number of aromatic nitrogens is 2. The Labute approximate surface area is 154 Å². The van der Waals surface area contributed by atoms with E-state index in [1.165, 1.54) is 13.0 Å². The Morgan fingerprint density at radius 1 is 1.33 bits per heavy atom. The van der Waals surface area contributed by atoms with Crippen molar-refractivity contribution >= 4 is 22.6 Å². The molecule has 9 nitrogen and oxygen atoms in total. The van der Waals surface area contributed by atoms with Crippen LogP contribution in [0.2, 0.25) is 0 Å². The number of fused-ring (bicyclic) bond motifs is 1. The second-order valence-corrected chi connectivity index (χ2v) is 6.58. The molecule has 1 aromatic carbocycles. The zero-order valence-corrected chi connectivity index (χ0v) is 15.2. The van der Waals surface area contributed by atoms with Crippen LogP contribution >= 0.6 is 0 Å². The van der Waals surface area contributed by atoms with Crippen molar-refractivity contribution in [2.24, 2.45) is 0 Å². The second kappa shape index (κ2) is 7.49. The van der Waals surface area contributed by atoms with E-state index in [-0.39, 0.29) is 41.3 Å². The number of hydrogen-bond donors (Lipinski definition) is 2. The molecule has 0 unspecified atom stereocenters. The van der Waals surface area contributed by atoms with E-state index in [0.29, 0.717) is 22.2 Å². The number of aliphatic hydroxyl groups is 1. The van der Waals surface area contributed by atoms with Gasteiger partial charge in [-0.05, 0) is 14.0 Å². The van der Waals surface area contributed by atoms with Gasteiger partial charge in [-0.2, -0.15) is 0 Å².